The molecule has 0 aromatic carbocycles. The molecule has 0 saturated carbocycles. The molecule has 0 amide bonds. The number of hydrogen-bond donors (Lipinski definition) is 1. The van der Waals surface area contributed by atoms with Crippen LogP contribution in [0.1, 0.15) is 12.8 Å². The highest BCUT2D eigenvalue weighted by molar-refractivity contribution is 6.28. The molecule has 7 nitrogen and oxygen atoms in total. The van der Waals surface area contributed by atoms with E-state index in [1.54, 1.807) is 0 Å². The minimum atomic E-state index is -0.200. The molecule has 0 aliphatic carbocycles. The number of aliphatic hydroxyl groups is 1. The zero-order valence-electron chi connectivity index (χ0n) is 11.2. The SMILES string of the molecule is OCC1CN(c2nc(Cl)nc(N3CCCC3)n2)CCO1. The molecule has 2 aliphatic rings. The van der Waals surface area contributed by atoms with Crippen molar-refractivity contribution < 1.29 is 9.84 Å². The van der Waals surface area contributed by atoms with Gasteiger partial charge in [0.2, 0.25) is 17.2 Å². The van der Waals surface area contributed by atoms with E-state index in [9.17, 15) is 5.11 Å². The molecule has 1 aromatic rings. The van der Waals surface area contributed by atoms with Crippen LogP contribution in [-0.2, 0) is 4.74 Å². The van der Waals surface area contributed by atoms with Crippen LogP contribution in [0, 0.1) is 0 Å². The third-order valence-electron chi connectivity index (χ3n) is 3.60. The van der Waals surface area contributed by atoms with Gasteiger partial charge in [0.05, 0.1) is 19.3 Å². The number of aromatic nitrogens is 3. The number of hydrogen-bond acceptors (Lipinski definition) is 7. The molecule has 1 N–H and O–H groups in total. The second-order valence-corrected chi connectivity index (χ2v) is 5.36. The van der Waals surface area contributed by atoms with Gasteiger partial charge in [0.25, 0.3) is 0 Å². The fourth-order valence-corrected chi connectivity index (χ4v) is 2.69. The summed E-state index contributed by atoms with van der Waals surface area (Å²) >= 11 is 6.02. The predicted molar refractivity (Wildman–Crippen MR) is 75.3 cm³/mol. The van der Waals surface area contributed by atoms with Crippen molar-refractivity contribution in [3.63, 3.8) is 0 Å². The Bertz CT molecular complexity index is 469. The average molecular weight is 300 g/mol. The Morgan fingerprint density at radius 2 is 1.80 bits per heavy atom. The quantitative estimate of drug-likeness (QED) is 0.861. The van der Waals surface area contributed by atoms with Gasteiger partial charge < -0.3 is 19.6 Å². The largest absolute Gasteiger partial charge is 0.394 e. The van der Waals surface area contributed by atoms with Crippen molar-refractivity contribution in [2.45, 2.75) is 18.9 Å². The Kier molecular flexibility index (Phi) is 4.18. The van der Waals surface area contributed by atoms with E-state index in [1.807, 2.05) is 4.90 Å². The monoisotopic (exact) mass is 299 g/mol. The van der Waals surface area contributed by atoms with Crippen molar-refractivity contribution in [3.8, 4) is 0 Å². The van der Waals surface area contributed by atoms with E-state index in [1.165, 1.54) is 0 Å². The fraction of sp³-hybridized carbons (Fsp3) is 0.750. The highest BCUT2D eigenvalue weighted by Crippen LogP contribution is 2.21. The van der Waals surface area contributed by atoms with Crippen LogP contribution in [0.2, 0.25) is 5.28 Å². The summed E-state index contributed by atoms with van der Waals surface area (Å²) < 4.78 is 5.43. The molecule has 2 aliphatic heterocycles. The Balaban J connectivity index is 1.81. The number of anilines is 2. The van der Waals surface area contributed by atoms with Gasteiger partial charge in [0.1, 0.15) is 0 Å². The highest BCUT2D eigenvalue weighted by atomic mass is 35.5. The van der Waals surface area contributed by atoms with Gasteiger partial charge in [0, 0.05) is 26.2 Å². The Hall–Kier alpha value is -1.18. The van der Waals surface area contributed by atoms with E-state index in [0.717, 1.165) is 25.9 Å². The van der Waals surface area contributed by atoms with Crippen molar-refractivity contribution in [3.05, 3.63) is 5.28 Å². The molecule has 1 atom stereocenters. The third-order valence-corrected chi connectivity index (χ3v) is 3.77. The van der Waals surface area contributed by atoms with E-state index in [-0.39, 0.29) is 18.0 Å². The van der Waals surface area contributed by atoms with E-state index in [2.05, 4.69) is 19.9 Å². The molecule has 3 rings (SSSR count). The van der Waals surface area contributed by atoms with Crippen LogP contribution >= 0.6 is 11.6 Å². The second kappa shape index (κ2) is 6.07. The fourth-order valence-electron chi connectivity index (χ4n) is 2.54. The molecule has 0 bridgehead atoms. The lowest BCUT2D eigenvalue weighted by Gasteiger charge is -2.32. The van der Waals surface area contributed by atoms with Crippen molar-refractivity contribution >= 4 is 23.5 Å². The molecule has 1 unspecified atom stereocenters. The first kappa shape index (κ1) is 13.8. The minimum Gasteiger partial charge on any atom is -0.394 e. The summed E-state index contributed by atoms with van der Waals surface area (Å²) in [6.07, 6.45) is 2.11. The summed E-state index contributed by atoms with van der Waals surface area (Å²) in [6.45, 7) is 3.72. The van der Waals surface area contributed by atoms with Crippen LogP contribution in [0.25, 0.3) is 0 Å². The maximum atomic E-state index is 9.20. The van der Waals surface area contributed by atoms with Gasteiger partial charge in [-0.2, -0.15) is 15.0 Å². The van der Waals surface area contributed by atoms with Gasteiger partial charge >= 0.3 is 0 Å². The van der Waals surface area contributed by atoms with Crippen molar-refractivity contribution in [2.75, 3.05) is 49.2 Å². The Morgan fingerprint density at radius 3 is 2.50 bits per heavy atom. The first-order valence-corrected chi connectivity index (χ1v) is 7.28. The molecule has 110 valence electrons. The van der Waals surface area contributed by atoms with Crippen molar-refractivity contribution in [1.29, 1.82) is 0 Å². The van der Waals surface area contributed by atoms with Crippen LogP contribution in [0.5, 0.6) is 0 Å². The van der Waals surface area contributed by atoms with Crippen LogP contribution in [0.3, 0.4) is 0 Å². The Labute approximate surface area is 122 Å². The van der Waals surface area contributed by atoms with Gasteiger partial charge in [-0.3, -0.25) is 0 Å². The van der Waals surface area contributed by atoms with E-state index >= 15 is 0 Å². The smallest absolute Gasteiger partial charge is 0.231 e. The number of ether oxygens (including phenoxy) is 1. The average Bonchev–Trinajstić information content (AvgIpc) is 3.01. The van der Waals surface area contributed by atoms with Crippen LogP contribution in [0.15, 0.2) is 0 Å². The topological polar surface area (TPSA) is 74.6 Å². The maximum Gasteiger partial charge on any atom is 0.231 e. The zero-order valence-corrected chi connectivity index (χ0v) is 12.0. The summed E-state index contributed by atoms with van der Waals surface area (Å²) in [4.78, 5) is 17.0. The van der Waals surface area contributed by atoms with Crippen molar-refractivity contribution in [2.24, 2.45) is 0 Å². The summed E-state index contributed by atoms with van der Waals surface area (Å²) in [7, 11) is 0. The molecule has 2 saturated heterocycles. The van der Waals surface area contributed by atoms with E-state index in [0.29, 0.717) is 31.6 Å². The maximum absolute atomic E-state index is 9.20. The minimum absolute atomic E-state index is 0.00566. The van der Waals surface area contributed by atoms with Crippen LogP contribution < -0.4 is 9.80 Å². The number of aliphatic hydroxyl groups excluding tert-OH is 1. The van der Waals surface area contributed by atoms with Gasteiger partial charge in [-0.25, -0.2) is 0 Å². The van der Waals surface area contributed by atoms with Gasteiger partial charge in [-0.1, -0.05) is 0 Å². The lowest BCUT2D eigenvalue weighted by molar-refractivity contribution is 0.00313. The molecule has 0 radical (unpaired) electrons. The standard InChI is InChI=1S/C12H18ClN5O2/c13-10-14-11(17-3-1-2-4-17)16-12(15-10)18-5-6-20-9(7-18)8-19/h9,19H,1-8H2. The lowest BCUT2D eigenvalue weighted by atomic mass is 10.3. The summed E-state index contributed by atoms with van der Waals surface area (Å²) in [5.74, 6) is 1.21. The number of halogens is 1. The molecule has 3 heterocycles. The summed E-state index contributed by atoms with van der Waals surface area (Å²) in [5.41, 5.74) is 0. The first-order chi connectivity index (χ1) is 9.76. The second-order valence-electron chi connectivity index (χ2n) is 5.02. The number of nitrogens with zero attached hydrogens (tertiary/aromatic N) is 5. The summed E-state index contributed by atoms with van der Waals surface area (Å²) in [5, 5.41) is 9.41. The van der Waals surface area contributed by atoms with Crippen LogP contribution in [0.4, 0.5) is 11.9 Å². The number of rotatable bonds is 3. The highest BCUT2D eigenvalue weighted by Gasteiger charge is 2.24. The summed E-state index contributed by atoms with van der Waals surface area (Å²) in [6, 6.07) is 0. The molecular weight excluding hydrogens is 282 g/mol. The molecule has 2 fully saturated rings. The first-order valence-electron chi connectivity index (χ1n) is 6.90. The van der Waals surface area contributed by atoms with Gasteiger partial charge in [-0.15, -0.1) is 0 Å². The van der Waals surface area contributed by atoms with Crippen LogP contribution in [-0.4, -0.2) is 65.6 Å². The third kappa shape index (κ3) is 2.94. The van der Waals surface area contributed by atoms with E-state index < -0.39 is 0 Å². The normalized spacial score (nSPS) is 23.4. The van der Waals surface area contributed by atoms with Gasteiger partial charge in [0.15, 0.2) is 0 Å². The van der Waals surface area contributed by atoms with Gasteiger partial charge in [-0.05, 0) is 24.4 Å². The van der Waals surface area contributed by atoms with E-state index in [4.69, 9.17) is 16.3 Å². The lowest BCUT2D eigenvalue weighted by Crippen LogP contribution is -2.45. The molecule has 8 heteroatoms. The number of morpholine rings is 1. The Morgan fingerprint density at radius 1 is 1.10 bits per heavy atom. The van der Waals surface area contributed by atoms with Crippen molar-refractivity contribution in [1.82, 2.24) is 15.0 Å². The zero-order chi connectivity index (χ0) is 13.9. The predicted octanol–water partition coefficient (Wildman–Crippen LogP) is 0.323. The molecule has 20 heavy (non-hydrogen) atoms. The molecular formula is C12H18ClN5O2. The molecule has 0 spiro atoms. The molecule has 1 aromatic heterocycles.